The smallest absolute Gasteiger partial charge is 0.422 e. The number of hydrogen-bond donors (Lipinski definition) is 0. The lowest BCUT2D eigenvalue weighted by atomic mass is 10.2. The van der Waals surface area contributed by atoms with Gasteiger partial charge in [0.15, 0.2) is 19.1 Å². The maximum Gasteiger partial charge on any atom is 0.422 e. The minimum Gasteiger partial charge on any atom is -0.609 e. The van der Waals surface area contributed by atoms with E-state index in [1.807, 2.05) is 0 Å². The highest BCUT2D eigenvalue weighted by molar-refractivity contribution is 7.90. The lowest BCUT2D eigenvalue weighted by Gasteiger charge is -2.15. The van der Waals surface area contributed by atoms with Crippen LogP contribution in [0.5, 0.6) is 5.75 Å². The number of alkyl halides is 3. The Kier molecular flexibility index (Phi) is 7.06. The fourth-order valence-electron chi connectivity index (χ4n) is 2.80. The Morgan fingerprint density at radius 1 is 1.26 bits per heavy atom. The number of nitrogens with zero attached hydrogens (tertiary/aromatic N) is 3. The van der Waals surface area contributed by atoms with Gasteiger partial charge < -0.3 is 14.0 Å². The van der Waals surface area contributed by atoms with Gasteiger partial charge in [-0.25, -0.2) is 4.57 Å². The molecule has 3 rings (SSSR count). The Bertz CT molecular complexity index is 1070. The van der Waals surface area contributed by atoms with Crippen LogP contribution in [0.3, 0.4) is 0 Å². The van der Waals surface area contributed by atoms with Crippen LogP contribution in [0.4, 0.5) is 13.2 Å². The molecule has 0 aliphatic carbocycles. The summed E-state index contributed by atoms with van der Waals surface area (Å²) < 4.78 is 62.1. The summed E-state index contributed by atoms with van der Waals surface area (Å²) in [5, 5.41) is 0.174. The predicted molar refractivity (Wildman–Crippen MR) is 107 cm³/mol. The van der Waals surface area contributed by atoms with Gasteiger partial charge in [0.1, 0.15) is 5.75 Å². The number of para-hydroxylation sites is 2. The fourth-order valence-corrected chi connectivity index (χ4v) is 4.07. The molecule has 3 aromatic rings. The Hall–Kier alpha value is -2.79. The molecule has 0 bridgehead atoms. The van der Waals surface area contributed by atoms with Gasteiger partial charge in [0.05, 0.1) is 16.7 Å². The second-order valence-electron chi connectivity index (χ2n) is 6.58. The summed E-state index contributed by atoms with van der Waals surface area (Å²) in [6.07, 6.45) is -2.98. The first-order valence-corrected chi connectivity index (χ1v) is 10.6. The number of carbonyl (C=O) groups is 1. The van der Waals surface area contributed by atoms with Gasteiger partial charge in [-0.2, -0.15) is 18.2 Å². The minimum absolute atomic E-state index is 0.0182. The number of pyridine rings is 1. The number of imidazole rings is 1. The largest absolute Gasteiger partial charge is 0.609 e. The fraction of sp³-hybridized carbons (Fsp3) is 0.350. The second kappa shape index (κ2) is 9.56. The number of fused-ring (bicyclic) bond motifs is 1. The van der Waals surface area contributed by atoms with E-state index in [0.717, 1.165) is 0 Å². The van der Waals surface area contributed by atoms with Crippen molar-refractivity contribution in [2.75, 3.05) is 6.61 Å². The van der Waals surface area contributed by atoms with Gasteiger partial charge in [-0.15, -0.1) is 0 Å². The van der Waals surface area contributed by atoms with E-state index in [-0.39, 0.29) is 29.8 Å². The molecule has 0 saturated heterocycles. The van der Waals surface area contributed by atoms with E-state index in [1.54, 1.807) is 42.7 Å². The first-order valence-electron chi connectivity index (χ1n) is 9.33. The molecule has 0 saturated carbocycles. The molecule has 0 N–H and O–H groups in total. The van der Waals surface area contributed by atoms with E-state index in [9.17, 15) is 22.5 Å². The average molecular weight is 455 g/mol. The van der Waals surface area contributed by atoms with Gasteiger partial charge in [0.25, 0.3) is 0 Å². The van der Waals surface area contributed by atoms with E-state index in [2.05, 4.69) is 9.97 Å². The van der Waals surface area contributed by atoms with Crippen LogP contribution in [0, 0.1) is 6.92 Å². The van der Waals surface area contributed by atoms with Crippen LogP contribution in [-0.2, 0) is 33.2 Å². The third-order valence-electron chi connectivity index (χ3n) is 4.38. The SMILES string of the molecule is CCC(=O)OCn1c([S+]([O-])Cc2nccc(OCC(F)(F)F)c2C)nc2ccccc21. The van der Waals surface area contributed by atoms with Crippen LogP contribution in [0.2, 0.25) is 0 Å². The summed E-state index contributed by atoms with van der Waals surface area (Å²) in [5.74, 6) is -0.494. The van der Waals surface area contributed by atoms with Gasteiger partial charge in [0.2, 0.25) is 0 Å². The van der Waals surface area contributed by atoms with Crippen molar-refractivity contribution in [1.29, 1.82) is 0 Å². The molecule has 0 aliphatic heterocycles. The summed E-state index contributed by atoms with van der Waals surface area (Å²) in [6.45, 7) is 1.63. The molecule has 0 amide bonds. The molecule has 2 aromatic heterocycles. The van der Waals surface area contributed by atoms with Crippen molar-refractivity contribution in [2.24, 2.45) is 0 Å². The third kappa shape index (κ3) is 5.67. The van der Waals surface area contributed by atoms with Crippen molar-refractivity contribution < 1.29 is 32.0 Å². The first kappa shape index (κ1) is 22.9. The van der Waals surface area contributed by atoms with E-state index in [4.69, 9.17) is 9.47 Å². The first-order chi connectivity index (χ1) is 14.7. The highest BCUT2D eigenvalue weighted by Gasteiger charge is 2.29. The van der Waals surface area contributed by atoms with Gasteiger partial charge in [-0.1, -0.05) is 19.1 Å². The quantitative estimate of drug-likeness (QED) is 0.378. The Labute approximate surface area is 179 Å². The maximum absolute atomic E-state index is 13.1. The van der Waals surface area contributed by atoms with Crippen LogP contribution >= 0.6 is 0 Å². The lowest BCUT2D eigenvalue weighted by Crippen LogP contribution is -2.20. The zero-order valence-corrected chi connectivity index (χ0v) is 17.6. The second-order valence-corrected chi connectivity index (χ2v) is 7.93. The molecule has 31 heavy (non-hydrogen) atoms. The summed E-state index contributed by atoms with van der Waals surface area (Å²) in [6, 6.07) is 8.38. The Balaban J connectivity index is 1.86. The van der Waals surface area contributed by atoms with Crippen LogP contribution < -0.4 is 4.74 Å². The number of esters is 1. The Morgan fingerprint density at radius 3 is 2.71 bits per heavy atom. The zero-order valence-electron chi connectivity index (χ0n) is 16.8. The molecule has 7 nitrogen and oxygen atoms in total. The van der Waals surface area contributed by atoms with Crippen LogP contribution in [0.25, 0.3) is 11.0 Å². The number of rotatable bonds is 8. The van der Waals surface area contributed by atoms with E-state index in [1.165, 1.54) is 12.3 Å². The van der Waals surface area contributed by atoms with Crippen molar-refractivity contribution in [3.05, 3.63) is 47.8 Å². The van der Waals surface area contributed by atoms with E-state index in [0.29, 0.717) is 22.3 Å². The monoisotopic (exact) mass is 455 g/mol. The van der Waals surface area contributed by atoms with Crippen molar-refractivity contribution >= 4 is 28.2 Å². The number of ether oxygens (including phenoxy) is 2. The highest BCUT2D eigenvalue weighted by Crippen LogP contribution is 2.27. The number of hydrogen-bond acceptors (Lipinski definition) is 6. The lowest BCUT2D eigenvalue weighted by molar-refractivity contribution is -0.153. The van der Waals surface area contributed by atoms with E-state index >= 15 is 0 Å². The maximum atomic E-state index is 13.1. The molecule has 11 heteroatoms. The number of carbonyl (C=O) groups excluding carboxylic acids is 1. The van der Waals surface area contributed by atoms with Crippen LogP contribution in [0.15, 0.2) is 41.7 Å². The summed E-state index contributed by atoms with van der Waals surface area (Å²) in [7, 11) is 0. The standard InChI is InChI=1S/C20H20F3N3O4S/c1-3-18(27)30-12-26-16-7-5-4-6-14(16)25-19(26)31(28)10-15-13(2)17(8-9-24-15)29-11-20(21,22)23/h4-9H,3,10-12H2,1-2H3. The molecule has 0 radical (unpaired) electrons. The third-order valence-corrected chi connectivity index (χ3v) is 5.64. The van der Waals surface area contributed by atoms with Gasteiger partial charge in [0, 0.05) is 29.4 Å². The molecule has 1 atom stereocenters. The number of benzene rings is 1. The number of aromatic nitrogens is 3. The van der Waals surface area contributed by atoms with E-state index < -0.39 is 29.9 Å². The molecular weight excluding hydrogens is 435 g/mol. The molecule has 0 spiro atoms. The normalized spacial score (nSPS) is 12.7. The number of halogens is 3. The van der Waals surface area contributed by atoms with Crippen LogP contribution in [-0.4, -0.2) is 37.8 Å². The summed E-state index contributed by atoms with van der Waals surface area (Å²) >= 11 is -1.71. The minimum atomic E-state index is -4.47. The van der Waals surface area contributed by atoms with Crippen molar-refractivity contribution in [3.63, 3.8) is 0 Å². The summed E-state index contributed by atoms with van der Waals surface area (Å²) in [4.78, 5) is 20.1. The predicted octanol–water partition coefficient (Wildman–Crippen LogP) is 3.90. The van der Waals surface area contributed by atoms with Gasteiger partial charge in [-0.3, -0.25) is 9.78 Å². The van der Waals surface area contributed by atoms with Crippen molar-refractivity contribution in [3.8, 4) is 5.75 Å². The molecule has 0 fully saturated rings. The van der Waals surface area contributed by atoms with Crippen molar-refractivity contribution in [2.45, 2.75) is 44.1 Å². The molecule has 1 unspecified atom stereocenters. The molecule has 166 valence electrons. The molecule has 0 aliphatic rings. The zero-order chi connectivity index (χ0) is 22.6. The topological polar surface area (TPSA) is 89.3 Å². The Morgan fingerprint density at radius 2 is 2.00 bits per heavy atom. The van der Waals surface area contributed by atoms with Crippen LogP contribution in [0.1, 0.15) is 24.6 Å². The average Bonchev–Trinajstić information content (AvgIpc) is 3.10. The van der Waals surface area contributed by atoms with Gasteiger partial charge >= 0.3 is 17.3 Å². The van der Waals surface area contributed by atoms with Crippen molar-refractivity contribution in [1.82, 2.24) is 14.5 Å². The highest BCUT2D eigenvalue weighted by atomic mass is 32.2. The molecular formula is C20H20F3N3O4S. The molecule has 2 heterocycles. The summed E-state index contributed by atoms with van der Waals surface area (Å²) in [5.41, 5.74) is 1.90. The van der Waals surface area contributed by atoms with Gasteiger partial charge in [-0.05, 0) is 25.1 Å². The molecule has 1 aromatic carbocycles.